The largest absolute Gasteiger partial charge is 0.327 e. The molecule has 14 heavy (non-hydrogen) atoms. The van der Waals surface area contributed by atoms with Crippen molar-refractivity contribution in [2.75, 3.05) is 0 Å². The number of nitrogens with two attached hydrogens (primary N) is 1. The fourth-order valence-electron chi connectivity index (χ4n) is 1.55. The van der Waals surface area contributed by atoms with Crippen LogP contribution in [0.4, 0.5) is 0 Å². The lowest BCUT2D eigenvalue weighted by Crippen LogP contribution is -2.28. The first-order chi connectivity index (χ1) is 6.63. The van der Waals surface area contributed by atoms with Crippen molar-refractivity contribution >= 4 is 22.6 Å². The van der Waals surface area contributed by atoms with Gasteiger partial charge in [0.15, 0.2) is 0 Å². The highest BCUT2D eigenvalue weighted by molar-refractivity contribution is 14.1. The molecule has 0 fully saturated rings. The quantitative estimate of drug-likeness (QED) is 0.849. The Morgan fingerprint density at radius 1 is 1.29 bits per heavy atom. The van der Waals surface area contributed by atoms with E-state index in [0.29, 0.717) is 12.0 Å². The Kier molecular flexibility index (Phi) is 4.89. The summed E-state index contributed by atoms with van der Waals surface area (Å²) in [7, 11) is 0. The molecule has 1 rings (SSSR count). The van der Waals surface area contributed by atoms with Crippen LogP contribution in [0.15, 0.2) is 24.3 Å². The highest BCUT2D eigenvalue weighted by Crippen LogP contribution is 2.14. The Labute approximate surface area is 100 Å². The summed E-state index contributed by atoms with van der Waals surface area (Å²) in [5.41, 5.74) is 7.38. The lowest BCUT2D eigenvalue weighted by Gasteiger charge is -2.18. The van der Waals surface area contributed by atoms with Crippen molar-refractivity contribution in [1.29, 1.82) is 0 Å². The molecule has 1 nitrogen and oxygen atoms in total. The van der Waals surface area contributed by atoms with Gasteiger partial charge in [-0.15, -0.1) is 0 Å². The Balaban J connectivity index is 2.56. The van der Waals surface area contributed by atoms with Gasteiger partial charge in [0, 0.05) is 9.61 Å². The molecule has 0 radical (unpaired) electrons. The smallest absolute Gasteiger partial charge is 0.0130 e. The molecular weight excluding hydrogens is 285 g/mol. The summed E-state index contributed by atoms with van der Waals surface area (Å²) < 4.78 is 1.29. The Morgan fingerprint density at radius 3 is 2.36 bits per heavy atom. The number of rotatable bonds is 4. The number of halogens is 1. The van der Waals surface area contributed by atoms with E-state index in [1.54, 1.807) is 0 Å². The first-order valence-electron chi connectivity index (χ1n) is 5.13. The minimum absolute atomic E-state index is 0.328. The summed E-state index contributed by atoms with van der Waals surface area (Å²) in [5.74, 6) is 0.570. The molecule has 2 heteroatoms. The first kappa shape index (κ1) is 12.0. The third kappa shape index (κ3) is 3.58. The summed E-state index contributed by atoms with van der Waals surface area (Å²) in [4.78, 5) is 0. The SMILES string of the molecule is CCC(N)C(C)Cc1ccc(I)cc1. The molecule has 0 saturated heterocycles. The maximum Gasteiger partial charge on any atom is 0.0130 e. The van der Waals surface area contributed by atoms with Gasteiger partial charge in [-0.2, -0.15) is 0 Å². The third-order valence-electron chi connectivity index (χ3n) is 2.67. The molecule has 0 spiro atoms. The van der Waals surface area contributed by atoms with Crippen LogP contribution >= 0.6 is 22.6 Å². The lowest BCUT2D eigenvalue weighted by atomic mass is 9.93. The molecule has 78 valence electrons. The zero-order valence-corrected chi connectivity index (χ0v) is 11.0. The molecule has 0 aliphatic carbocycles. The van der Waals surface area contributed by atoms with E-state index in [-0.39, 0.29) is 0 Å². The maximum atomic E-state index is 5.99. The molecule has 0 saturated carbocycles. The standard InChI is InChI=1S/C12H18IN/c1-3-12(14)9(2)8-10-4-6-11(13)7-5-10/h4-7,9,12H,3,8,14H2,1-2H3. The zero-order chi connectivity index (χ0) is 10.6. The van der Waals surface area contributed by atoms with Crippen LogP contribution in [0.3, 0.4) is 0 Å². The van der Waals surface area contributed by atoms with E-state index in [2.05, 4.69) is 60.7 Å². The normalized spacial score (nSPS) is 15.1. The molecule has 1 aromatic rings. The van der Waals surface area contributed by atoms with Crippen molar-refractivity contribution in [2.24, 2.45) is 11.7 Å². The molecule has 0 amide bonds. The fraction of sp³-hybridized carbons (Fsp3) is 0.500. The van der Waals surface area contributed by atoms with E-state index in [1.165, 1.54) is 9.13 Å². The first-order valence-corrected chi connectivity index (χ1v) is 6.21. The Hall–Kier alpha value is -0.0900. The average molecular weight is 303 g/mol. The van der Waals surface area contributed by atoms with Gasteiger partial charge >= 0.3 is 0 Å². The summed E-state index contributed by atoms with van der Waals surface area (Å²) in [6.45, 7) is 4.38. The van der Waals surface area contributed by atoms with Crippen molar-refractivity contribution < 1.29 is 0 Å². The van der Waals surface area contributed by atoms with Gasteiger partial charge in [-0.3, -0.25) is 0 Å². The zero-order valence-electron chi connectivity index (χ0n) is 8.83. The molecular formula is C12H18IN. The van der Waals surface area contributed by atoms with Crippen LogP contribution in [-0.4, -0.2) is 6.04 Å². The van der Waals surface area contributed by atoms with Crippen LogP contribution in [0, 0.1) is 9.49 Å². The van der Waals surface area contributed by atoms with E-state index >= 15 is 0 Å². The van der Waals surface area contributed by atoms with Gasteiger partial charge in [0.25, 0.3) is 0 Å². The molecule has 0 bridgehead atoms. The van der Waals surface area contributed by atoms with Gasteiger partial charge in [-0.1, -0.05) is 26.0 Å². The average Bonchev–Trinajstić information content (AvgIpc) is 2.20. The highest BCUT2D eigenvalue weighted by Gasteiger charge is 2.10. The van der Waals surface area contributed by atoms with Crippen LogP contribution < -0.4 is 5.73 Å². The Bertz CT molecular complexity index is 268. The van der Waals surface area contributed by atoms with Gasteiger partial charge in [0.05, 0.1) is 0 Å². The van der Waals surface area contributed by atoms with Gasteiger partial charge < -0.3 is 5.73 Å². The minimum Gasteiger partial charge on any atom is -0.327 e. The minimum atomic E-state index is 0.328. The maximum absolute atomic E-state index is 5.99. The van der Waals surface area contributed by atoms with E-state index in [0.717, 1.165) is 12.8 Å². The molecule has 0 aliphatic rings. The van der Waals surface area contributed by atoms with Crippen molar-refractivity contribution in [3.63, 3.8) is 0 Å². The van der Waals surface area contributed by atoms with E-state index in [9.17, 15) is 0 Å². The van der Waals surface area contributed by atoms with Crippen molar-refractivity contribution in [1.82, 2.24) is 0 Å². The monoisotopic (exact) mass is 303 g/mol. The number of benzene rings is 1. The molecule has 0 aliphatic heterocycles. The van der Waals surface area contributed by atoms with Gasteiger partial charge in [0.2, 0.25) is 0 Å². The predicted molar refractivity (Wildman–Crippen MR) is 70.3 cm³/mol. The predicted octanol–water partition coefficient (Wildman–Crippen LogP) is 3.21. The van der Waals surface area contributed by atoms with Crippen LogP contribution in [0.25, 0.3) is 0 Å². The highest BCUT2D eigenvalue weighted by atomic mass is 127. The number of hydrogen-bond donors (Lipinski definition) is 1. The lowest BCUT2D eigenvalue weighted by molar-refractivity contribution is 0.442. The summed E-state index contributed by atoms with van der Waals surface area (Å²) in [5, 5.41) is 0. The second kappa shape index (κ2) is 5.71. The van der Waals surface area contributed by atoms with Crippen molar-refractivity contribution in [2.45, 2.75) is 32.7 Å². The topological polar surface area (TPSA) is 26.0 Å². The summed E-state index contributed by atoms with van der Waals surface area (Å²) >= 11 is 2.33. The van der Waals surface area contributed by atoms with Crippen LogP contribution in [0.1, 0.15) is 25.8 Å². The van der Waals surface area contributed by atoms with Crippen molar-refractivity contribution in [3.05, 3.63) is 33.4 Å². The molecule has 2 unspecified atom stereocenters. The molecule has 2 atom stereocenters. The summed E-state index contributed by atoms with van der Waals surface area (Å²) in [6.07, 6.45) is 2.15. The van der Waals surface area contributed by atoms with E-state index in [4.69, 9.17) is 5.73 Å². The van der Waals surface area contributed by atoms with E-state index in [1.807, 2.05) is 0 Å². The van der Waals surface area contributed by atoms with Crippen LogP contribution in [0.5, 0.6) is 0 Å². The summed E-state index contributed by atoms with van der Waals surface area (Å²) in [6, 6.07) is 9.02. The molecule has 2 N–H and O–H groups in total. The van der Waals surface area contributed by atoms with E-state index < -0.39 is 0 Å². The second-order valence-electron chi connectivity index (χ2n) is 3.88. The molecule has 0 heterocycles. The second-order valence-corrected chi connectivity index (χ2v) is 5.13. The molecule has 0 aromatic heterocycles. The van der Waals surface area contributed by atoms with Gasteiger partial charge in [-0.05, 0) is 59.0 Å². The Morgan fingerprint density at radius 2 is 1.86 bits per heavy atom. The molecule has 1 aromatic carbocycles. The number of hydrogen-bond acceptors (Lipinski definition) is 1. The van der Waals surface area contributed by atoms with Crippen molar-refractivity contribution in [3.8, 4) is 0 Å². The third-order valence-corrected chi connectivity index (χ3v) is 3.39. The van der Waals surface area contributed by atoms with Gasteiger partial charge in [0.1, 0.15) is 0 Å². The van der Waals surface area contributed by atoms with Crippen LogP contribution in [-0.2, 0) is 6.42 Å². The van der Waals surface area contributed by atoms with Gasteiger partial charge in [-0.25, -0.2) is 0 Å². The van der Waals surface area contributed by atoms with Crippen LogP contribution in [0.2, 0.25) is 0 Å². The fourth-order valence-corrected chi connectivity index (χ4v) is 1.91.